The van der Waals surface area contributed by atoms with Gasteiger partial charge >= 0.3 is 0 Å². The predicted octanol–water partition coefficient (Wildman–Crippen LogP) is 3.63. The maximum atomic E-state index is 13.1. The van der Waals surface area contributed by atoms with Gasteiger partial charge in [-0.1, -0.05) is 0 Å². The number of nitrogens with zero attached hydrogens (tertiary/aromatic N) is 3. The van der Waals surface area contributed by atoms with Crippen molar-refractivity contribution in [2.75, 3.05) is 5.32 Å². The Balaban J connectivity index is 1.68. The molecule has 1 aromatic carbocycles. The van der Waals surface area contributed by atoms with Crippen molar-refractivity contribution in [3.8, 4) is 6.07 Å². The van der Waals surface area contributed by atoms with E-state index in [2.05, 4.69) is 20.9 Å². The third kappa shape index (κ3) is 2.50. The van der Waals surface area contributed by atoms with Crippen molar-refractivity contribution in [1.82, 2.24) is 9.55 Å². The molecule has 1 amide bonds. The van der Waals surface area contributed by atoms with Gasteiger partial charge in [0.15, 0.2) is 0 Å². The number of anilines is 1. The summed E-state index contributed by atoms with van der Waals surface area (Å²) < 4.78 is 15.3. The van der Waals surface area contributed by atoms with Crippen molar-refractivity contribution < 1.29 is 9.18 Å². The van der Waals surface area contributed by atoms with Crippen LogP contribution < -0.4 is 5.32 Å². The van der Waals surface area contributed by atoms with Crippen molar-refractivity contribution >= 4 is 22.5 Å². The fraction of sp³-hybridized carbons (Fsp3) is 0.167. The van der Waals surface area contributed by atoms with E-state index in [9.17, 15) is 14.4 Å². The lowest BCUT2D eigenvalue weighted by Crippen LogP contribution is -2.12. The van der Waals surface area contributed by atoms with Crippen LogP contribution in [0.5, 0.6) is 0 Å². The quantitative estimate of drug-likeness (QED) is 0.749. The topological polar surface area (TPSA) is 70.7 Å². The summed E-state index contributed by atoms with van der Waals surface area (Å²) in [5, 5.41) is 12.9. The van der Waals surface area contributed by atoms with Gasteiger partial charge in [-0.3, -0.25) is 4.79 Å². The SMILES string of the molecule is N#Cc1cn(C2CC2)c2ccc(NC(=O)c3ccnc(F)c3)cc12. The highest BCUT2D eigenvalue weighted by molar-refractivity contribution is 6.05. The normalized spacial score (nSPS) is 13.7. The van der Waals surface area contributed by atoms with Gasteiger partial charge in [0.25, 0.3) is 5.91 Å². The summed E-state index contributed by atoms with van der Waals surface area (Å²) in [6.45, 7) is 0. The number of halogens is 1. The number of hydrogen-bond acceptors (Lipinski definition) is 3. The first-order valence-corrected chi connectivity index (χ1v) is 7.63. The fourth-order valence-corrected chi connectivity index (χ4v) is 2.82. The Bertz CT molecular complexity index is 998. The second-order valence-corrected chi connectivity index (χ2v) is 5.85. The number of aromatic nitrogens is 2. The molecule has 2 heterocycles. The first kappa shape index (κ1) is 14.4. The first-order valence-electron chi connectivity index (χ1n) is 7.63. The zero-order valence-corrected chi connectivity index (χ0v) is 12.7. The molecule has 2 aromatic heterocycles. The fourth-order valence-electron chi connectivity index (χ4n) is 2.82. The van der Waals surface area contributed by atoms with Crippen molar-refractivity contribution in [2.24, 2.45) is 0 Å². The Kier molecular flexibility index (Phi) is 3.28. The van der Waals surface area contributed by atoms with Gasteiger partial charge in [-0.05, 0) is 37.1 Å². The van der Waals surface area contributed by atoms with E-state index in [1.165, 1.54) is 12.3 Å². The lowest BCUT2D eigenvalue weighted by molar-refractivity contribution is 0.102. The number of pyridine rings is 1. The molecule has 118 valence electrons. The van der Waals surface area contributed by atoms with Gasteiger partial charge in [0.2, 0.25) is 5.95 Å². The lowest BCUT2D eigenvalue weighted by atomic mass is 10.1. The zero-order chi connectivity index (χ0) is 16.7. The van der Waals surface area contributed by atoms with Crippen molar-refractivity contribution in [3.63, 3.8) is 0 Å². The van der Waals surface area contributed by atoms with Crippen LogP contribution in [0.3, 0.4) is 0 Å². The highest BCUT2D eigenvalue weighted by Gasteiger charge is 2.25. The molecular weight excluding hydrogens is 307 g/mol. The van der Waals surface area contributed by atoms with E-state index in [1.807, 2.05) is 12.3 Å². The summed E-state index contributed by atoms with van der Waals surface area (Å²) in [7, 11) is 0. The molecule has 6 heteroatoms. The Morgan fingerprint density at radius 1 is 1.33 bits per heavy atom. The van der Waals surface area contributed by atoms with Crippen LogP contribution in [-0.2, 0) is 0 Å². The first-order chi connectivity index (χ1) is 11.7. The van der Waals surface area contributed by atoms with Gasteiger partial charge in [0, 0.05) is 46.7 Å². The van der Waals surface area contributed by atoms with Crippen molar-refractivity contribution in [2.45, 2.75) is 18.9 Å². The maximum absolute atomic E-state index is 13.1. The van der Waals surface area contributed by atoms with Gasteiger partial charge in [0.05, 0.1) is 5.56 Å². The molecule has 0 spiro atoms. The number of benzene rings is 1. The molecule has 1 fully saturated rings. The number of rotatable bonds is 3. The van der Waals surface area contributed by atoms with Gasteiger partial charge < -0.3 is 9.88 Å². The second-order valence-electron chi connectivity index (χ2n) is 5.85. The molecule has 5 nitrogen and oxygen atoms in total. The van der Waals surface area contributed by atoms with Gasteiger partial charge in [0.1, 0.15) is 6.07 Å². The molecule has 0 saturated heterocycles. The van der Waals surface area contributed by atoms with Crippen LogP contribution in [0.2, 0.25) is 0 Å². The van der Waals surface area contributed by atoms with Crippen LogP contribution in [0.4, 0.5) is 10.1 Å². The molecule has 1 N–H and O–H groups in total. The third-order valence-corrected chi connectivity index (χ3v) is 4.14. The van der Waals surface area contributed by atoms with E-state index in [-0.39, 0.29) is 5.56 Å². The van der Waals surface area contributed by atoms with Gasteiger partial charge in [-0.2, -0.15) is 9.65 Å². The van der Waals surface area contributed by atoms with Crippen LogP contribution in [0.15, 0.2) is 42.7 Å². The molecule has 1 aliphatic carbocycles. The monoisotopic (exact) mass is 320 g/mol. The second kappa shape index (κ2) is 5.46. The molecule has 0 aliphatic heterocycles. The van der Waals surface area contributed by atoms with E-state index >= 15 is 0 Å². The summed E-state index contributed by atoms with van der Waals surface area (Å²) in [4.78, 5) is 15.6. The van der Waals surface area contributed by atoms with Gasteiger partial charge in [-0.25, -0.2) is 4.98 Å². The van der Waals surface area contributed by atoms with Crippen LogP contribution >= 0.6 is 0 Å². The van der Waals surface area contributed by atoms with Crippen LogP contribution in [-0.4, -0.2) is 15.5 Å². The minimum Gasteiger partial charge on any atom is -0.343 e. The Morgan fingerprint density at radius 3 is 2.88 bits per heavy atom. The van der Waals surface area contributed by atoms with E-state index in [0.717, 1.165) is 29.8 Å². The number of amides is 1. The number of hydrogen-bond donors (Lipinski definition) is 1. The molecule has 24 heavy (non-hydrogen) atoms. The molecule has 0 unspecified atom stereocenters. The molecule has 1 aliphatic rings. The largest absolute Gasteiger partial charge is 0.343 e. The van der Waals surface area contributed by atoms with E-state index in [1.54, 1.807) is 12.1 Å². The highest BCUT2D eigenvalue weighted by Crippen LogP contribution is 2.39. The number of fused-ring (bicyclic) bond motifs is 1. The average Bonchev–Trinajstić information content (AvgIpc) is 3.36. The molecular formula is C18H13FN4O. The van der Waals surface area contributed by atoms with Crippen molar-refractivity contribution in [3.05, 3.63) is 59.8 Å². The smallest absolute Gasteiger partial charge is 0.255 e. The van der Waals surface area contributed by atoms with Crippen LogP contribution in [0, 0.1) is 17.3 Å². The summed E-state index contributed by atoms with van der Waals surface area (Å²) in [6, 6.07) is 10.7. The zero-order valence-electron chi connectivity index (χ0n) is 12.7. The minimum atomic E-state index is -0.702. The van der Waals surface area contributed by atoms with Gasteiger partial charge in [-0.15, -0.1) is 0 Å². The molecule has 3 aromatic rings. The maximum Gasteiger partial charge on any atom is 0.255 e. The molecule has 0 radical (unpaired) electrons. The Hall–Kier alpha value is -3.20. The number of nitrogens with one attached hydrogen (secondary N) is 1. The molecule has 0 atom stereocenters. The number of carbonyl (C=O) groups is 1. The summed E-state index contributed by atoms with van der Waals surface area (Å²) in [5.74, 6) is -1.12. The highest BCUT2D eigenvalue weighted by atomic mass is 19.1. The lowest BCUT2D eigenvalue weighted by Gasteiger charge is -2.07. The average molecular weight is 320 g/mol. The molecule has 1 saturated carbocycles. The van der Waals surface area contributed by atoms with E-state index in [4.69, 9.17) is 0 Å². The Morgan fingerprint density at radius 2 is 2.17 bits per heavy atom. The van der Waals surface area contributed by atoms with Crippen molar-refractivity contribution in [1.29, 1.82) is 5.26 Å². The molecule has 4 rings (SSSR count). The third-order valence-electron chi connectivity index (χ3n) is 4.14. The summed E-state index contributed by atoms with van der Waals surface area (Å²) in [5.41, 5.74) is 2.33. The number of carbonyl (C=O) groups excluding carboxylic acids is 1. The van der Waals surface area contributed by atoms with Crippen LogP contribution in [0.25, 0.3) is 10.9 Å². The van der Waals surface area contributed by atoms with Crippen LogP contribution in [0.1, 0.15) is 34.8 Å². The predicted molar refractivity (Wildman–Crippen MR) is 87.1 cm³/mol. The summed E-state index contributed by atoms with van der Waals surface area (Å²) in [6.07, 6.45) is 5.37. The number of nitriles is 1. The Labute approximate surface area is 137 Å². The van der Waals surface area contributed by atoms with E-state index < -0.39 is 11.9 Å². The minimum absolute atomic E-state index is 0.193. The standard InChI is InChI=1S/C18H13FN4O/c19-17-7-11(5-6-21-17)18(24)22-13-1-4-16-15(8-13)12(9-20)10-23(16)14-2-3-14/h1,4-8,10,14H,2-3H2,(H,22,24). The summed E-state index contributed by atoms with van der Waals surface area (Å²) >= 11 is 0. The van der Waals surface area contributed by atoms with E-state index in [0.29, 0.717) is 17.3 Å². The molecule has 0 bridgehead atoms.